The van der Waals surface area contributed by atoms with E-state index in [1.165, 1.54) is 24.3 Å². The summed E-state index contributed by atoms with van der Waals surface area (Å²) >= 11 is 0. The number of nitrogens with zero attached hydrogens (tertiary/aromatic N) is 3. The predicted octanol–water partition coefficient (Wildman–Crippen LogP) is 4.42. The summed E-state index contributed by atoms with van der Waals surface area (Å²) in [6.45, 7) is 2.17. The van der Waals surface area contributed by atoms with Crippen molar-refractivity contribution in [3.63, 3.8) is 0 Å². The van der Waals surface area contributed by atoms with Crippen molar-refractivity contribution in [1.29, 1.82) is 0 Å². The third kappa shape index (κ3) is 4.69. The maximum atomic E-state index is 13.5. The fourth-order valence-electron chi connectivity index (χ4n) is 4.87. The van der Waals surface area contributed by atoms with E-state index in [0.29, 0.717) is 18.7 Å². The number of fused-ring (bicyclic) bond motifs is 1. The molecule has 3 aromatic rings. The summed E-state index contributed by atoms with van der Waals surface area (Å²) in [5.41, 5.74) is 4.32. The molecule has 5 nitrogen and oxygen atoms in total. The molecule has 33 heavy (non-hydrogen) atoms. The molecule has 0 radical (unpaired) electrons. The summed E-state index contributed by atoms with van der Waals surface area (Å²) in [4.78, 5) is 15.3. The van der Waals surface area contributed by atoms with Gasteiger partial charge in [0.25, 0.3) is 5.91 Å². The number of aromatic nitrogens is 2. The van der Waals surface area contributed by atoms with Gasteiger partial charge in [-0.1, -0.05) is 12.1 Å². The van der Waals surface area contributed by atoms with E-state index >= 15 is 0 Å². The number of hydrogen-bond acceptors (Lipinski definition) is 3. The monoisotopic (exact) mass is 450 g/mol. The van der Waals surface area contributed by atoms with Crippen LogP contribution in [0, 0.1) is 11.6 Å². The van der Waals surface area contributed by atoms with Gasteiger partial charge in [0.2, 0.25) is 0 Å². The zero-order valence-electron chi connectivity index (χ0n) is 18.6. The highest BCUT2D eigenvalue weighted by Gasteiger charge is 2.32. The molecule has 1 atom stereocenters. The van der Waals surface area contributed by atoms with Crippen LogP contribution in [0.2, 0.25) is 0 Å². The van der Waals surface area contributed by atoms with Gasteiger partial charge in [0.15, 0.2) is 5.69 Å². The fraction of sp³-hybridized carbons (Fsp3) is 0.385. The molecule has 7 heteroatoms. The Balaban J connectivity index is 1.42. The van der Waals surface area contributed by atoms with Crippen molar-refractivity contribution in [2.45, 2.75) is 51.1 Å². The molecular weight excluding hydrogens is 422 g/mol. The van der Waals surface area contributed by atoms with Crippen LogP contribution in [-0.4, -0.2) is 39.7 Å². The second-order valence-electron chi connectivity index (χ2n) is 8.96. The standard InChI is InChI=1S/C26H28F2N4O/c27-19-6-4-18(5-7-19)17-29-21-10-13-24-23(16-21)25(26(33)31-14-2-1-3-15-31)30-32(24)22-11-8-20(28)9-12-22/h4-9,11-12,21,29H,1-3,10,13-17H2. The molecule has 1 aliphatic carbocycles. The lowest BCUT2D eigenvalue weighted by molar-refractivity contribution is 0.0716. The quantitative estimate of drug-likeness (QED) is 0.626. The van der Waals surface area contributed by atoms with Gasteiger partial charge in [-0.3, -0.25) is 4.79 Å². The van der Waals surface area contributed by atoms with Crippen molar-refractivity contribution in [3.8, 4) is 5.69 Å². The first-order valence-electron chi connectivity index (χ1n) is 11.7. The largest absolute Gasteiger partial charge is 0.337 e. The Labute approximate surface area is 192 Å². The number of carbonyl (C=O) groups excluding carboxylic acids is 1. The van der Waals surface area contributed by atoms with E-state index in [1.54, 1.807) is 24.3 Å². The molecule has 1 unspecified atom stereocenters. The lowest BCUT2D eigenvalue weighted by atomic mass is 9.90. The molecule has 0 bridgehead atoms. The number of likely N-dealkylation sites (tertiary alicyclic amines) is 1. The molecule has 172 valence electrons. The minimum atomic E-state index is -0.297. The summed E-state index contributed by atoms with van der Waals surface area (Å²) in [6.07, 6.45) is 5.57. The summed E-state index contributed by atoms with van der Waals surface area (Å²) in [5, 5.41) is 8.33. The maximum absolute atomic E-state index is 13.5. The summed E-state index contributed by atoms with van der Waals surface area (Å²) in [5.74, 6) is -0.546. The lowest BCUT2D eigenvalue weighted by Crippen LogP contribution is -2.38. The molecule has 1 fully saturated rings. The second kappa shape index (κ2) is 9.43. The molecule has 2 aliphatic rings. The van der Waals surface area contributed by atoms with E-state index in [0.717, 1.165) is 67.7 Å². The fourth-order valence-corrected chi connectivity index (χ4v) is 4.87. The van der Waals surface area contributed by atoms with Crippen LogP contribution in [0.25, 0.3) is 5.69 Å². The van der Waals surface area contributed by atoms with E-state index in [4.69, 9.17) is 5.10 Å². The van der Waals surface area contributed by atoms with Gasteiger partial charge < -0.3 is 10.2 Å². The Morgan fingerprint density at radius 1 is 0.970 bits per heavy atom. The lowest BCUT2D eigenvalue weighted by Gasteiger charge is -2.28. The maximum Gasteiger partial charge on any atom is 0.274 e. The number of amides is 1. The van der Waals surface area contributed by atoms with E-state index in [2.05, 4.69) is 5.32 Å². The van der Waals surface area contributed by atoms with Crippen LogP contribution in [0.1, 0.15) is 53.0 Å². The Bertz CT molecular complexity index is 1120. The van der Waals surface area contributed by atoms with E-state index in [1.807, 2.05) is 9.58 Å². The van der Waals surface area contributed by atoms with Crippen molar-refractivity contribution < 1.29 is 13.6 Å². The predicted molar refractivity (Wildman–Crippen MR) is 122 cm³/mol. The first kappa shape index (κ1) is 21.8. The van der Waals surface area contributed by atoms with Gasteiger partial charge in [-0.25, -0.2) is 13.5 Å². The van der Waals surface area contributed by atoms with Crippen molar-refractivity contribution in [3.05, 3.63) is 82.7 Å². The number of carbonyl (C=O) groups is 1. The van der Waals surface area contributed by atoms with Gasteiger partial charge in [0.05, 0.1) is 5.69 Å². The SMILES string of the molecule is O=C(c1nn(-c2ccc(F)cc2)c2c1CC(NCc1ccc(F)cc1)CC2)N1CCCCC1. The number of halogens is 2. The highest BCUT2D eigenvalue weighted by Crippen LogP contribution is 2.29. The second-order valence-corrected chi connectivity index (χ2v) is 8.96. The Morgan fingerprint density at radius 2 is 1.64 bits per heavy atom. The molecule has 1 amide bonds. The molecule has 2 heterocycles. The minimum absolute atomic E-state index is 0.00834. The molecule has 1 aromatic heterocycles. The van der Waals surface area contributed by atoms with Crippen LogP contribution in [0.15, 0.2) is 48.5 Å². The third-order valence-corrected chi connectivity index (χ3v) is 6.70. The van der Waals surface area contributed by atoms with Gasteiger partial charge >= 0.3 is 0 Å². The van der Waals surface area contributed by atoms with Crippen LogP contribution in [0.3, 0.4) is 0 Å². The number of piperidine rings is 1. The third-order valence-electron chi connectivity index (χ3n) is 6.70. The number of hydrogen-bond donors (Lipinski definition) is 1. The average molecular weight is 451 g/mol. The van der Waals surface area contributed by atoms with Crippen molar-refractivity contribution in [1.82, 2.24) is 20.0 Å². The van der Waals surface area contributed by atoms with Crippen molar-refractivity contribution in [2.75, 3.05) is 13.1 Å². The number of benzene rings is 2. The Hall–Kier alpha value is -3.06. The molecule has 1 N–H and O–H groups in total. The first-order chi connectivity index (χ1) is 16.1. The van der Waals surface area contributed by atoms with Gasteiger partial charge in [0.1, 0.15) is 11.6 Å². The van der Waals surface area contributed by atoms with Crippen LogP contribution in [0.5, 0.6) is 0 Å². The number of rotatable bonds is 5. The van der Waals surface area contributed by atoms with Crippen LogP contribution in [0.4, 0.5) is 8.78 Å². The molecule has 0 saturated carbocycles. The molecule has 1 aliphatic heterocycles. The Kier molecular flexibility index (Phi) is 6.22. The zero-order valence-corrected chi connectivity index (χ0v) is 18.6. The van der Waals surface area contributed by atoms with E-state index in [9.17, 15) is 13.6 Å². The average Bonchev–Trinajstić information content (AvgIpc) is 3.23. The summed E-state index contributed by atoms with van der Waals surface area (Å²) in [7, 11) is 0. The van der Waals surface area contributed by atoms with Gasteiger partial charge in [-0.15, -0.1) is 0 Å². The van der Waals surface area contributed by atoms with Gasteiger partial charge in [-0.2, -0.15) is 5.10 Å². The molecule has 5 rings (SSSR count). The highest BCUT2D eigenvalue weighted by atomic mass is 19.1. The summed E-state index contributed by atoms with van der Waals surface area (Å²) in [6, 6.07) is 13.0. The minimum Gasteiger partial charge on any atom is -0.337 e. The smallest absolute Gasteiger partial charge is 0.274 e. The summed E-state index contributed by atoms with van der Waals surface area (Å²) < 4.78 is 28.5. The molecule has 0 spiro atoms. The molecular formula is C26H28F2N4O. The van der Waals surface area contributed by atoms with Crippen LogP contribution >= 0.6 is 0 Å². The van der Waals surface area contributed by atoms with Crippen molar-refractivity contribution >= 4 is 5.91 Å². The van der Waals surface area contributed by atoms with E-state index < -0.39 is 0 Å². The normalized spacial score (nSPS) is 18.2. The first-order valence-corrected chi connectivity index (χ1v) is 11.7. The van der Waals surface area contributed by atoms with Crippen molar-refractivity contribution in [2.24, 2.45) is 0 Å². The Morgan fingerprint density at radius 3 is 2.33 bits per heavy atom. The topological polar surface area (TPSA) is 50.2 Å². The highest BCUT2D eigenvalue weighted by molar-refractivity contribution is 5.94. The van der Waals surface area contributed by atoms with Gasteiger partial charge in [0, 0.05) is 36.9 Å². The molecule has 2 aromatic carbocycles. The van der Waals surface area contributed by atoms with Crippen LogP contribution < -0.4 is 5.32 Å². The van der Waals surface area contributed by atoms with Crippen LogP contribution in [-0.2, 0) is 19.4 Å². The zero-order chi connectivity index (χ0) is 22.8. The van der Waals surface area contributed by atoms with E-state index in [-0.39, 0.29) is 23.6 Å². The molecule has 1 saturated heterocycles. The van der Waals surface area contributed by atoms with Gasteiger partial charge in [-0.05, 0) is 80.5 Å². The number of nitrogens with one attached hydrogen (secondary N) is 1.